The van der Waals surface area contributed by atoms with Gasteiger partial charge in [-0.3, -0.25) is 14.7 Å². The number of carbonyl (C=O) groups excluding carboxylic acids is 1. The highest BCUT2D eigenvalue weighted by Crippen LogP contribution is 2.21. The van der Waals surface area contributed by atoms with E-state index in [1.807, 2.05) is 56.4 Å². The molecule has 5 nitrogen and oxygen atoms in total. The summed E-state index contributed by atoms with van der Waals surface area (Å²) < 4.78 is 5.48. The molecule has 3 aromatic rings. The quantitative estimate of drug-likeness (QED) is 0.715. The summed E-state index contributed by atoms with van der Waals surface area (Å²) in [5, 5.41) is 2.89. The molecule has 1 amide bonds. The zero-order valence-electron chi connectivity index (χ0n) is 15.3. The second-order valence-electron chi connectivity index (χ2n) is 6.51. The Kier molecular flexibility index (Phi) is 5.49. The minimum absolute atomic E-state index is 0.138. The lowest BCUT2D eigenvalue weighted by atomic mass is 10.1. The van der Waals surface area contributed by atoms with Gasteiger partial charge in [-0.1, -0.05) is 12.1 Å². The summed E-state index contributed by atoms with van der Waals surface area (Å²) in [6.45, 7) is 4.76. The standard InChI is InChI=1S/C21H23N3O2/c1-15-10-19(13-22-12-15)23-21(25)18-7-4-6-17(11-18)14-24(3)16(2)20-8-5-9-26-20/h4-13,16H,14H2,1-3H3,(H,23,25)/t16-/m1/s1. The van der Waals surface area contributed by atoms with Crippen LogP contribution in [0.3, 0.4) is 0 Å². The minimum atomic E-state index is -0.138. The Balaban J connectivity index is 1.68. The van der Waals surface area contributed by atoms with Crippen molar-refractivity contribution in [3.63, 3.8) is 0 Å². The van der Waals surface area contributed by atoms with Gasteiger partial charge in [0.25, 0.3) is 5.91 Å². The van der Waals surface area contributed by atoms with E-state index in [1.165, 1.54) is 0 Å². The van der Waals surface area contributed by atoms with Crippen molar-refractivity contribution in [3.05, 3.63) is 83.6 Å². The van der Waals surface area contributed by atoms with Crippen LogP contribution < -0.4 is 5.32 Å². The Morgan fingerprint density at radius 1 is 1.23 bits per heavy atom. The van der Waals surface area contributed by atoms with E-state index in [2.05, 4.69) is 22.1 Å². The maximum atomic E-state index is 12.5. The summed E-state index contributed by atoms with van der Waals surface area (Å²) in [6, 6.07) is 13.6. The van der Waals surface area contributed by atoms with Crippen LogP contribution in [0.15, 0.2) is 65.5 Å². The van der Waals surface area contributed by atoms with Gasteiger partial charge in [0.2, 0.25) is 0 Å². The van der Waals surface area contributed by atoms with Gasteiger partial charge in [0.15, 0.2) is 0 Å². The molecule has 0 aliphatic rings. The fourth-order valence-corrected chi connectivity index (χ4v) is 2.81. The Morgan fingerprint density at radius 2 is 2.08 bits per heavy atom. The number of hydrogen-bond acceptors (Lipinski definition) is 4. The topological polar surface area (TPSA) is 58.4 Å². The van der Waals surface area contributed by atoms with Crippen molar-refractivity contribution in [2.24, 2.45) is 0 Å². The van der Waals surface area contributed by atoms with Gasteiger partial charge in [0.05, 0.1) is 24.2 Å². The lowest BCUT2D eigenvalue weighted by Gasteiger charge is -2.23. The van der Waals surface area contributed by atoms with Crippen molar-refractivity contribution in [2.45, 2.75) is 26.4 Å². The van der Waals surface area contributed by atoms with Crippen molar-refractivity contribution in [3.8, 4) is 0 Å². The molecule has 26 heavy (non-hydrogen) atoms. The molecule has 2 heterocycles. The van der Waals surface area contributed by atoms with E-state index in [-0.39, 0.29) is 11.9 Å². The van der Waals surface area contributed by atoms with Crippen LogP contribution in [0.2, 0.25) is 0 Å². The third-order valence-corrected chi connectivity index (χ3v) is 4.37. The van der Waals surface area contributed by atoms with Crippen molar-refractivity contribution in [1.29, 1.82) is 0 Å². The van der Waals surface area contributed by atoms with Crippen LogP contribution in [-0.4, -0.2) is 22.8 Å². The first-order valence-corrected chi connectivity index (χ1v) is 8.58. The van der Waals surface area contributed by atoms with Gasteiger partial charge in [-0.25, -0.2) is 0 Å². The van der Waals surface area contributed by atoms with E-state index < -0.39 is 0 Å². The van der Waals surface area contributed by atoms with Gasteiger partial charge in [0, 0.05) is 18.3 Å². The zero-order valence-corrected chi connectivity index (χ0v) is 15.3. The van der Waals surface area contributed by atoms with Crippen LogP contribution in [0, 0.1) is 6.92 Å². The van der Waals surface area contributed by atoms with Crippen LogP contribution in [-0.2, 0) is 6.54 Å². The molecule has 5 heteroatoms. The number of nitrogens with one attached hydrogen (secondary N) is 1. The second-order valence-corrected chi connectivity index (χ2v) is 6.51. The van der Waals surface area contributed by atoms with Crippen LogP contribution in [0.25, 0.3) is 0 Å². The van der Waals surface area contributed by atoms with Gasteiger partial charge < -0.3 is 9.73 Å². The van der Waals surface area contributed by atoms with E-state index in [4.69, 9.17) is 4.42 Å². The molecular weight excluding hydrogens is 326 g/mol. The molecule has 1 aromatic carbocycles. The maximum Gasteiger partial charge on any atom is 0.255 e. The number of furan rings is 1. The average molecular weight is 349 g/mol. The fraction of sp³-hybridized carbons (Fsp3) is 0.238. The lowest BCUT2D eigenvalue weighted by molar-refractivity contribution is 0.102. The second kappa shape index (κ2) is 7.97. The summed E-state index contributed by atoms with van der Waals surface area (Å²) in [5.41, 5.74) is 3.40. The third kappa shape index (κ3) is 4.37. The van der Waals surface area contributed by atoms with E-state index in [0.29, 0.717) is 11.3 Å². The molecule has 0 spiro atoms. The molecule has 0 saturated heterocycles. The summed E-state index contributed by atoms with van der Waals surface area (Å²) in [6.07, 6.45) is 5.09. The molecule has 0 fully saturated rings. The first kappa shape index (κ1) is 17.9. The fourth-order valence-electron chi connectivity index (χ4n) is 2.81. The summed E-state index contributed by atoms with van der Waals surface area (Å²) in [4.78, 5) is 18.8. The number of hydrogen-bond donors (Lipinski definition) is 1. The van der Waals surface area contributed by atoms with E-state index in [1.54, 1.807) is 18.7 Å². The highest BCUT2D eigenvalue weighted by Gasteiger charge is 2.15. The molecule has 1 N–H and O–H groups in total. The number of amides is 1. The molecule has 0 saturated carbocycles. The summed E-state index contributed by atoms with van der Waals surface area (Å²) in [7, 11) is 2.04. The molecule has 1 atom stereocenters. The van der Waals surface area contributed by atoms with Crippen molar-refractivity contribution >= 4 is 11.6 Å². The third-order valence-electron chi connectivity index (χ3n) is 4.37. The predicted octanol–water partition coefficient (Wildman–Crippen LogP) is 4.43. The van der Waals surface area contributed by atoms with Gasteiger partial charge in [-0.2, -0.15) is 0 Å². The molecule has 0 bridgehead atoms. The van der Waals surface area contributed by atoms with Crippen LogP contribution in [0.4, 0.5) is 5.69 Å². The van der Waals surface area contributed by atoms with Crippen LogP contribution in [0.1, 0.15) is 40.2 Å². The Hall–Kier alpha value is -2.92. The molecule has 3 rings (SSSR count). The number of anilines is 1. The van der Waals surface area contributed by atoms with Gasteiger partial charge in [-0.05, 0) is 62.4 Å². The Morgan fingerprint density at radius 3 is 2.81 bits per heavy atom. The van der Waals surface area contributed by atoms with Crippen molar-refractivity contribution in [2.75, 3.05) is 12.4 Å². The van der Waals surface area contributed by atoms with Crippen molar-refractivity contribution in [1.82, 2.24) is 9.88 Å². The van der Waals surface area contributed by atoms with Gasteiger partial charge in [-0.15, -0.1) is 0 Å². The number of rotatable bonds is 6. The zero-order chi connectivity index (χ0) is 18.5. The lowest BCUT2D eigenvalue weighted by Crippen LogP contribution is -2.22. The monoisotopic (exact) mass is 349 g/mol. The van der Waals surface area contributed by atoms with E-state index in [0.717, 1.165) is 23.4 Å². The SMILES string of the molecule is Cc1cncc(NC(=O)c2cccc(CN(C)[C@H](C)c3ccco3)c2)c1. The highest BCUT2D eigenvalue weighted by atomic mass is 16.3. The molecule has 0 unspecified atom stereocenters. The average Bonchev–Trinajstić information content (AvgIpc) is 3.16. The number of aromatic nitrogens is 1. The number of nitrogens with zero attached hydrogens (tertiary/aromatic N) is 2. The molecular formula is C21H23N3O2. The van der Waals surface area contributed by atoms with E-state index >= 15 is 0 Å². The molecule has 0 aliphatic carbocycles. The summed E-state index contributed by atoms with van der Waals surface area (Å²) >= 11 is 0. The van der Waals surface area contributed by atoms with Crippen molar-refractivity contribution < 1.29 is 9.21 Å². The first-order chi connectivity index (χ1) is 12.5. The smallest absolute Gasteiger partial charge is 0.255 e. The molecule has 134 valence electrons. The van der Waals surface area contributed by atoms with Gasteiger partial charge >= 0.3 is 0 Å². The highest BCUT2D eigenvalue weighted by molar-refractivity contribution is 6.04. The Bertz CT molecular complexity index is 874. The predicted molar refractivity (Wildman–Crippen MR) is 102 cm³/mol. The first-order valence-electron chi connectivity index (χ1n) is 8.58. The van der Waals surface area contributed by atoms with Crippen LogP contribution >= 0.6 is 0 Å². The van der Waals surface area contributed by atoms with Crippen LogP contribution in [0.5, 0.6) is 0 Å². The minimum Gasteiger partial charge on any atom is -0.468 e. The largest absolute Gasteiger partial charge is 0.468 e. The molecule has 0 radical (unpaired) electrons. The Labute approximate surface area is 153 Å². The van der Waals surface area contributed by atoms with Gasteiger partial charge in [0.1, 0.15) is 5.76 Å². The van der Waals surface area contributed by atoms with E-state index in [9.17, 15) is 4.79 Å². The summed E-state index contributed by atoms with van der Waals surface area (Å²) in [5.74, 6) is 0.786. The number of carbonyl (C=O) groups is 1. The normalized spacial score (nSPS) is 12.2. The molecule has 2 aromatic heterocycles. The number of aryl methyl sites for hydroxylation is 1. The molecule has 0 aliphatic heterocycles. The maximum absolute atomic E-state index is 12.5. The number of benzene rings is 1. The number of pyridine rings is 1.